The highest BCUT2D eigenvalue weighted by Gasteiger charge is 2.25. The van der Waals surface area contributed by atoms with Crippen molar-refractivity contribution in [3.05, 3.63) is 23.4 Å². The largest absolute Gasteiger partial charge is 0.493 e. The fourth-order valence-electron chi connectivity index (χ4n) is 2.90. The summed E-state index contributed by atoms with van der Waals surface area (Å²) in [4.78, 5) is 4.73. The Bertz CT molecular complexity index is 670. The van der Waals surface area contributed by atoms with Crippen LogP contribution in [0.1, 0.15) is 11.3 Å². The van der Waals surface area contributed by atoms with Gasteiger partial charge in [-0.05, 0) is 36.9 Å². The maximum Gasteiger partial charge on any atom is 0.162 e. The molecule has 1 atom stereocenters. The van der Waals surface area contributed by atoms with E-state index in [9.17, 15) is 0 Å². The zero-order valence-corrected chi connectivity index (χ0v) is 11.8. The molecule has 1 aliphatic rings. The van der Waals surface area contributed by atoms with Crippen LogP contribution in [0.4, 0.5) is 5.69 Å². The van der Waals surface area contributed by atoms with Gasteiger partial charge in [0, 0.05) is 22.8 Å². The van der Waals surface area contributed by atoms with E-state index in [2.05, 4.69) is 0 Å². The number of rotatable bonds is 3. The average molecular weight is 273 g/mol. The van der Waals surface area contributed by atoms with E-state index in [1.807, 2.05) is 12.1 Å². The summed E-state index contributed by atoms with van der Waals surface area (Å²) in [5.41, 5.74) is 15.9. The van der Waals surface area contributed by atoms with Crippen LogP contribution in [0.3, 0.4) is 0 Å². The molecule has 1 aromatic carbocycles. The summed E-state index contributed by atoms with van der Waals surface area (Å²) >= 11 is 0. The molecule has 2 aromatic rings. The van der Waals surface area contributed by atoms with Gasteiger partial charge in [0.2, 0.25) is 0 Å². The van der Waals surface area contributed by atoms with E-state index >= 15 is 0 Å². The van der Waals surface area contributed by atoms with Crippen LogP contribution in [0.2, 0.25) is 0 Å². The van der Waals surface area contributed by atoms with E-state index in [0.29, 0.717) is 24.0 Å². The van der Waals surface area contributed by atoms with E-state index in [1.165, 1.54) is 0 Å². The first-order valence-electron chi connectivity index (χ1n) is 6.71. The molecule has 1 aromatic heterocycles. The Morgan fingerprint density at radius 1 is 1.20 bits per heavy atom. The zero-order chi connectivity index (χ0) is 14.3. The first-order valence-corrected chi connectivity index (χ1v) is 6.71. The number of benzene rings is 1. The number of nitrogen functional groups attached to an aromatic ring is 1. The van der Waals surface area contributed by atoms with Crippen LogP contribution in [-0.4, -0.2) is 25.7 Å². The molecule has 0 bridgehead atoms. The third-order valence-corrected chi connectivity index (χ3v) is 4.03. The molecule has 1 heterocycles. The average Bonchev–Trinajstić information content (AvgIpc) is 2.89. The molecule has 0 spiro atoms. The Morgan fingerprint density at radius 2 is 1.90 bits per heavy atom. The fraction of sp³-hybridized carbons (Fsp3) is 0.400. The van der Waals surface area contributed by atoms with Crippen molar-refractivity contribution >= 4 is 16.6 Å². The second kappa shape index (κ2) is 4.83. The first kappa shape index (κ1) is 13.0. The van der Waals surface area contributed by atoms with Gasteiger partial charge in [0.25, 0.3) is 0 Å². The molecule has 5 nitrogen and oxygen atoms in total. The van der Waals surface area contributed by atoms with Crippen LogP contribution >= 0.6 is 0 Å². The topological polar surface area (TPSA) is 83.4 Å². The SMILES string of the molecule is COc1cc2nc3c(c(N)c2cc1OC)CC(CN)C3. The van der Waals surface area contributed by atoms with Crippen LogP contribution in [-0.2, 0) is 12.8 Å². The van der Waals surface area contributed by atoms with Crippen LogP contribution in [0.5, 0.6) is 11.5 Å². The van der Waals surface area contributed by atoms with Crippen LogP contribution in [0.15, 0.2) is 12.1 Å². The number of fused-ring (bicyclic) bond motifs is 2. The summed E-state index contributed by atoms with van der Waals surface area (Å²) in [5.74, 6) is 1.78. The molecule has 4 N–H and O–H groups in total. The van der Waals surface area contributed by atoms with Crippen LogP contribution in [0.25, 0.3) is 10.9 Å². The number of hydrogen-bond acceptors (Lipinski definition) is 5. The van der Waals surface area contributed by atoms with Crippen molar-refractivity contribution < 1.29 is 9.47 Å². The Labute approximate surface area is 117 Å². The molecule has 5 heteroatoms. The highest BCUT2D eigenvalue weighted by atomic mass is 16.5. The number of anilines is 1. The maximum atomic E-state index is 6.33. The molecule has 1 unspecified atom stereocenters. The Morgan fingerprint density at radius 3 is 2.55 bits per heavy atom. The van der Waals surface area contributed by atoms with Gasteiger partial charge in [-0.2, -0.15) is 0 Å². The van der Waals surface area contributed by atoms with Gasteiger partial charge in [0.05, 0.1) is 19.7 Å². The lowest BCUT2D eigenvalue weighted by Gasteiger charge is -2.12. The predicted octanol–water partition coefficient (Wildman–Crippen LogP) is 1.51. The van der Waals surface area contributed by atoms with Crippen molar-refractivity contribution in [1.29, 1.82) is 0 Å². The molecule has 0 saturated heterocycles. The molecular formula is C15H19N3O2. The van der Waals surface area contributed by atoms with Crippen molar-refractivity contribution in [2.75, 3.05) is 26.5 Å². The minimum absolute atomic E-state index is 0.445. The Hall–Kier alpha value is -2.01. The van der Waals surface area contributed by atoms with Crippen LogP contribution in [0, 0.1) is 5.92 Å². The number of hydrogen-bond donors (Lipinski definition) is 2. The number of nitrogens with two attached hydrogens (primary N) is 2. The fourth-order valence-corrected chi connectivity index (χ4v) is 2.90. The standard InChI is InChI=1S/C15H19N3O2/c1-19-13-5-10-12(6-14(13)20-2)18-11-4-8(7-16)3-9(11)15(10)17/h5-6,8H,3-4,7,16H2,1-2H3,(H2,17,18). The molecular weight excluding hydrogens is 254 g/mol. The lowest BCUT2D eigenvalue weighted by Crippen LogP contribution is -2.14. The van der Waals surface area contributed by atoms with Gasteiger partial charge >= 0.3 is 0 Å². The number of ether oxygens (including phenoxy) is 2. The smallest absolute Gasteiger partial charge is 0.162 e. The van der Waals surface area contributed by atoms with Gasteiger partial charge < -0.3 is 20.9 Å². The minimum atomic E-state index is 0.445. The summed E-state index contributed by atoms with van der Waals surface area (Å²) in [6, 6.07) is 3.77. The normalized spacial score (nSPS) is 17.2. The van der Waals surface area contributed by atoms with Gasteiger partial charge in [-0.1, -0.05) is 0 Å². The van der Waals surface area contributed by atoms with E-state index in [-0.39, 0.29) is 0 Å². The predicted molar refractivity (Wildman–Crippen MR) is 79.2 cm³/mol. The zero-order valence-electron chi connectivity index (χ0n) is 11.8. The van der Waals surface area contributed by atoms with Gasteiger partial charge in [-0.15, -0.1) is 0 Å². The number of pyridine rings is 1. The summed E-state index contributed by atoms with van der Waals surface area (Å²) in [6.07, 6.45) is 1.81. The Kier molecular flexibility index (Phi) is 3.14. The van der Waals surface area contributed by atoms with Crippen molar-refractivity contribution in [2.45, 2.75) is 12.8 Å². The first-order chi connectivity index (χ1) is 9.67. The van der Waals surface area contributed by atoms with Crippen LogP contribution < -0.4 is 20.9 Å². The monoisotopic (exact) mass is 273 g/mol. The van der Waals surface area contributed by atoms with Crippen molar-refractivity contribution in [2.24, 2.45) is 11.7 Å². The molecule has 0 saturated carbocycles. The van der Waals surface area contributed by atoms with E-state index in [4.69, 9.17) is 25.9 Å². The number of aromatic nitrogens is 1. The molecule has 1 aliphatic carbocycles. The summed E-state index contributed by atoms with van der Waals surface area (Å²) in [6.45, 7) is 0.665. The molecule has 3 rings (SSSR count). The summed E-state index contributed by atoms with van der Waals surface area (Å²) < 4.78 is 10.7. The molecule has 20 heavy (non-hydrogen) atoms. The third-order valence-electron chi connectivity index (χ3n) is 4.03. The van der Waals surface area contributed by atoms with Gasteiger partial charge in [0.15, 0.2) is 11.5 Å². The molecule has 106 valence electrons. The molecule has 0 amide bonds. The second-order valence-electron chi connectivity index (χ2n) is 5.19. The molecule has 0 aliphatic heterocycles. The Balaban J connectivity index is 2.22. The van der Waals surface area contributed by atoms with Gasteiger partial charge in [0.1, 0.15) is 0 Å². The van der Waals surface area contributed by atoms with Crippen molar-refractivity contribution in [3.63, 3.8) is 0 Å². The third kappa shape index (κ3) is 1.86. The van der Waals surface area contributed by atoms with E-state index in [1.54, 1.807) is 14.2 Å². The highest BCUT2D eigenvalue weighted by molar-refractivity contribution is 5.94. The summed E-state index contributed by atoms with van der Waals surface area (Å²) in [5, 5.41) is 0.916. The van der Waals surface area contributed by atoms with E-state index in [0.717, 1.165) is 40.7 Å². The molecule has 0 fully saturated rings. The second-order valence-corrected chi connectivity index (χ2v) is 5.19. The number of methoxy groups -OCH3 is 2. The maximum absolute atomic E-state index is 6.33. The lowest BCUT2D eigenvalue weighted by molar-refractivity contribution is 0.356. The minimum Gasteiger partial charge on any atom is -0.493 e. The van der Waals surface area contributed by atoms with Crippen molar-refractivity contribution in [3.8, 4) is 11.5 Å². The highest BCUT2D eigenvalue weighted by Crippen LogP contribution is 2.38. The van der Waals surface area contributed by atoms with E-state index < -0.39 is 0 Å². The number of nitrogens with zero attached hydrogens (tertiary/aromatic N) is 1. The quantitative estimate of drug-likeness (QED) is 0.885. The van der Waals surface area contributed by atoms with Gasteiger partial charge in [-0.25, -0.2) is 0 Å². The lowest BCUT2D eigenvalue weighted by atomic mass is 10.0. The van der Waals surface area contributed by atoms with Crippen molar-refractivity contribution in [1.82, 2.24) is 4.98 Å². The summed E-state index contributed by atoms with van der Waals surface area (Å²) in [7, 11) is 3.23. The van der Waals surface area contributed by atoms with Gasteiger partial charge in [-0.3, -0.25) is 4.98 Å². The molecule has 0 radical (unpaired) electrons.